The van der Waals surface area contributed by atoms with E-state index in [1.54, 1.807) is 18.6 Å². The number of benzene rings is 1. The minimum absolute atomic E-state index is 0.608. The Morgan fingerprint density at radius 1 is 1.16 bits per heavy atom. The van der Waals surface area contributed by atoms with Crippen molar-refractivity contribution < 1.29 is 9.47 Å². The van der Waals surface area contributed by atoms with E-state index in [-0.39, 0.29) is 0 Å². The van der Waals surface area contributed by atoms with E-state index in [1.807, 2.05) is 30.1 Å². The van der Waals surface area contributed by atoms with Crippen LogP contribution in [0.15, 0.2) is 36.8 Å². The molecular formula is C14H15N3O2. The first-order valence-corrected chi connectivity index (χ1v) is 6.18. The molecule has 1 aromatic carbocycles. The molecule has 0 saturated heterocycles. The first-order valence-electron chi connectivity index (χ1n) is 6.18. The lowest BCUT2D eigenvalue weighted by Gasteiger charge is -2.21. The molecule has 2 aromatic rings. The van der Waals surface area contributed by atoms with Crippen molar-refractivity contribution in [2.24, 2.45) is 0 Å². The molecular weight excluding hydrogens is 242 g/mol. The first kappa shape index (κ1) is 11.8. The number of rotatable bonds is 3. The van der Waals surface area contributed by atoms with Gasteiger partial charge in [0.2, 0.25) is 0 Å². The third-order valence-corrected chi connectivity index (χ3v) is 2.97. The van der Waals surface area contributed by atoms with Crippen LogP contribution in [0.3, 0.4) is 0 Å². The van der Waals surface area contributed by atoms with Crippen LogP contribution in [0, 0.1) is 0 Å². The minimum Gasteiger partial charge on any atom is -0.486 e. The van der Waals surface area contributed by atoms with E-state index < -0.39 is 0 Å². The van der Waals surface area contributed by atoms with Gasteiger partial charge in [-0.05, 0) is 17.7 Å². The summed E-state index contributed by atoms with van der Waals surface area (Å²) in [5.41, 5.74) is 1.15. The molecule has 98 valence electrons. The average molecular weight is 257 g/mol. The van der Waals surface area contributed by atoms with Crippen LogP contribution < -0.4 is 14.4 Å². The fourth-order valence-electron chi connectivity index (χ4n) is 2.03. The molecule has 2 heterocycles. The maximum atomic E-state index is 5.58. The Balaban J connectivity index is 1.76. The summed E-state index contributed by atoms with van der Waals surface area (Å²) in [6.07, 6.45) is 5.11. The van der Waals surface area contributed by atoms with Crippen LogP contribution >= 0.6 is 0 Å². The zero-order valence-electron chi connectivity index (χ0n) is 10.7. The summed E-state index contributed by atoms with van der Waals surface area (Å²) >= 11 is 0. The molecule has 0 aliphatic carbocycles. The van der Waals surface area contributed by atoms with E-state index in [2.05, 4.69) is 9.97 Å². The van der Waals surface area contributed by atoms with Crippen molar-refractivity contribution in [2.45, 2.75) is 6.54 Å². The van der Waals surface area contributed by atoms with E-state index in [0.29, 0.717) is 13.2 Å². The summed E-state index contributed by atoms with van der Waals surface area (Å²) in [7, 11) is 1.99. The van der Waals surface area contributed by atoms with Gasteiger partial charge in [0.15, 0.2) is 11.5 Å². The molecule has 0 amide bonds. The second kappa shape index (κ2) is 5.14. The molecule has 0 N–H and O–H groups in total. The van der Waals surface area contributed by atoms with Gasteiger partial charge in [-0.3, -0.25) is 4.98 Å². The zero-order valence-corrected chi connectivity index (χ0v) is 10.7. The number of ether oxygens (including phenoxy) is 2. The minimum atomic E-state index is 0.608. The van der Waals surface area contributed by atoms with Gasteiger partial charge in [-0.1, -0.05) is 6.07 Å². The van der Waals surface area contributed by atoms with Crippen molar-refractivity contribution in [3.8, 4) is 11.5 Å². The molecule has 0 radical (unpaired) electrons. The molecule has 1 aromatic heterocycles. The van der Waals surface area contributed by atoms with Crippen molar-refractivity contribution in [3.63, 3.8) is 0 Å². The van der Waals surface area contributed by atoms with Crippen LogP contribution in [-0.2, 0) is 6.54 Å². The van der Waals surface area contributed by atoms with Crippen molar-refractivity contribution in [1.29, 1.82) is 0 Å². The number of nitrogens with zero attached hydrogens (tertiary/aromatic N) is 3. The highest BCUT2D eigenvalue weighted by Gasteiger charge is 2.12. The number of hydrogen-bond donors (Lipinski definition) is 0. The topological polar surface area (TPSA) is 47.5 Å². The average Bonchev–Trinajstić information content (AvgIpc) is 2.48. The van der Waals surface area contributed by atoms with Crippen LogP contribution in [0.25, 0.3) is 0 Å². The molecule has 0 unspecified atom stereocenters. The van der Waals surface area contributed by atoms with Crippen LogP contribution in [0.2, 0.25) is 0 Å². The number of fused-ring (bicyclic) bond motifs is 1. The largest absolute Gasteiger partial charge is 0.486 e. The highest BCUT2D eigenvalue weighted by Crippen LogP contribution is 2.31. The van der Waals surface area contributed by atoms with Gasteiger partial charge in [0.1, 0.15) is 19.0 Å². The van der Waals surface area contributed by atoms with Gasteiger partial charge in [-0.25, -0.2) is 4.98 Å². The van der Waals surface area contributed by atoms with Gasteiger partial charge in [-0.15, -0.1) is 0 Å². The third-order valence-electron chi connectivity index (χ3n) is 2.97. The Morgan fingerprint density at radius 2 is 2.00 bits per heavy atom. The van der Waals surface area contributed by atoms with Crippen molar-refractivity contribution in [1.82, 2.24) is 9.97 Å². The molecule has 1 aliphatic heterocycles. The quantitative estimate of drug-likeness (QED) is 0.840. The van der Waals surface area contributed by atoms with Crippen LogP contribution in [0.1, 0.15) is 5.56 Å². The van der Waals surface area contributed by atoms with Gasteiger partial charge in [-0.2, -0.15) is 0 Å². The van der Waals surface area contributed by atoms with Gasteiger partial charge in [0.25, 0.3) is 0 Å². The van der Waals surface area contributed by atoms with Gasteiger partial charge >= 0.3 is 0 Å². The molecule has 5 nitrogen and oxygen atoms in total. The number of anilines is 1. The van der Waals surface area contributed by atoms with Crippen LogP contribution in [0.5, 0.6) is 11.5 Å². The zero-order chi connectivity index (χ0) is 13.1. The Morgan fingerprint density at radius 3 is 2.79 bits per heavy atom. The second-order valence-corrected chi connectivity index (χ2v) is 4.40. The summed E-state index contributed by atoms with van der Waals surface area (Å²) in [4.78, 5) is 10.4. The monoisotopic (exact) mass is 257 g/mol. The summed E-state index contributed by atoms with van der Waals surface area (Å²) in [5, 5.41) is 0. The van der Waals surface area contributed by atoms with Crippen molar-refractivity contribution in [3.05, 3.63) is 42.4 Å². The SMILES string of the molecule is CN(Cc1ccc2c(c1)OCCO2)c1cnccn1. The summed E-state index contributed by atoms with van der Waals surface area (Å²) in [6.45, 7) is 1.97. The lowest BCUT2D eigenvalue weighted by Crippen LogP contribution is -2.19. The summed E-state index contributed by atoms with van der Waals surface area (Å²) in [5.74, 6) is 2.48. The maximum Gasteiger partial charge on any atom is 0.161 e. The first-order chi connectivity index (χ1) is 9.33. The predicted octanol–water partition coefficient (Wildman–Crippen LogP) is 1.88. The Hall–Kier alpha value is -2.30. The summed E-state index contributed by atoms with van der Waals surface area (Å²) in [6, 6.07) is 6.01. The Kier molecular flexibility index (Phi) is 3.18. The molecule has 0 spiro atoms. The number of aromatic nitrogens is 2. The fraction of sp³-hybridized carbons (Fsp3) is 0.286. The molecule has 5 heteroatoms. The van der Waals surface area contributed by atoms with E-state index in [0.717, 1.165) is 29.4 Å². The fourth-order valence-corrected chi connectivity index (χ4v) is 2.03. The number of hydrogen-bond acceptors (Lipinski definition) is 5. The molecule has 0 saturated carbocycles. The second-order valence-electron chi connectivity index (χ2n) is 4.40. The van der Waals surface area contributed by atoms with Gasteiger partial charge in [0, 0.05) is 26.0 Å². The summed E-state index contributed by atoms with van der Waals surface area (Å²) < 4.78 is 11.1. The lowest BCUT2D eigenvalue weighted by atomic mass is 10.2. The van der Waals surface area contributed by atoms with Crippen LogP contribution in [0.4, 0.5) is 5.82 Å². The lowest BCUT2D eigenvalue weighted by molar-refractivity contribution is 0.171. The van der Waals surface area contributed by atoms with Crippen molar-refractivity contribution >= 4 is 5.82 Å². The molecule has 0 fully saturated rings. The molecule has 0 bridgehead atoms. The Labute approximate surface area is 111 Å². The van der Waals surface area contributed by atoms with E-state index >= 15 is 0 Å². The molecule has 3 rings (SSSR count). The van der Waals surface area contributed by atoms with E-state index in [9.17, 15) is 0 Å². The van der Waals surface area contributed by atoms with Crippen LogP contribution in [-0.4, -0.2) is 30.2 Å². The Bertz CT molecular complexity index is 560. The molecule has 1 aliphatic rings. The highest BCUT2D eigenvalue weighted by molar-refractivity contribution is 5.45. The van der Waals surface area contributed by atoms with Crippen molar-refractivity contribution in [2.75, 3.05) is 25.2 Å². The maximum absolute atomic E-state index is 5.58. The van der Waals surface area contributed by atoms with E-state index in [1.165, 1.54) is 0 Å². The molecule has 19 heavy (non-hydrogen) atoms. The normalized spacial score (nSPS) is 13.1. The highest BCUT2D eigenvalue weighted by atomic mass is 16.6. The van der Waals surface area contributed by atoms with Gasteiger partial charge < -0.3 is 14.4 Å². The third kappa shape index (κ3) is 2.59. The van der Waals surface area contributed by atoms with Gasteiger partial charge in [0.05, 0.1) is 6.20 Å². The van der Waals surface area contributed by atoms with E-state index in [4.69, 9.17) is 9.47 Å². The standard InChI is InChI=1S/C14H15N3O2/c1-17(14-9-15-4-5-16-14)10-11-2-3-12-13(8-11)19-7-6-18-12/h2-5,8-9H,6-7,10H2,1H3. The predicted molar refractivity (Wildman–Crippen MR) is 71.6 cm³/mol. The smallest absolute Gasteiger partial charge is 0.161 e. The molecule has 0 atom stereocenters.